The Kier molecular flexibility index (Phi) is 4.29. The second-order valence-electron chi connectivity index (χ2n) is 2.97. The van der Waals surface area contributed by atoms with Gasteiger partial charge in [-0.05, 0) is 36.6 Å². The molecule has 0 aromatic carbocycles. The molecule has 14 heavy (non-hydrogen) atoms. The van der Waals surface area contributed by atoms with E-state index in [0.29, 0.717) is 4.88 Å². The molecule has 0 spiro atoms. The molecule has 1 aromatic rings. The third kappa shape index (κ3) is 2.93. The molecular weight excluding hydrogens is 220 g/mol. The molecule has 1 rings (SSSR count). The molecule has 2 nitrogen and oxygen atoms in total. The van der Waals surface area contributed by atoms with Crippen LogP contribution in [0.25, 0.3) is 0 Å². The maximum Gasteiger partial charge on any atom is 0.294 e. The van der Waals surface area contributed by atoms with Gasteiger partial charge in [-0.1, -0.05) is 13.3 Å². The fourth-order valence-electron chi connectivity index (χ4n) is 1.08. The fourth-order valence-corrected chi connectivity index (χ4v) is 2.23. The van der Waals surface area contributed by atoms with Crippen molar-refractivity contribution in [3.8, 4) is 0 Å². The fraction of sp³-hybridized carbons (Fsp3) is 0.400. The van der Waals surface area contributed by atoms with E-state index in [9.17, 15) is 9.59 Å². The molecule has 4 heteroatoms. The lowest BCUT2D eigenvalue weighted by Gasteiger charge is -1.92. The minimum Gasteiger partial charge on any atom is -0.283 e. The highest BCUT2D eigenvalue weighted by atomic mass is 35.5. The number of carbonyl (C=O) groups is 2. The largest absolute Gasteiger partial charge is 0.294 e. The van der Waals surface area contributed by atoms with Gasteiger partial charge in [0.05, 0.1) is 4.88 Å². The molecule has 1 aromatic heterocycles. The van der Waals surface area contributed by atoms with Gasteiger partial charge in [-0.2, -0.15) is 0 Å². The molecular formula is C10H11ClO2S. The molecule has 0 radical (unpaired) electrons. The molecule has 0 bridgehead atoms. The highest BCUT2D eigenvalue weighted by Crippen LogP contribution is 2.19. The van der Waals surface area contributed by atoms with Crippen LogP contribution in [0.2, 0.25) is 0 Å². The van der Waals surface area contributed by atoms with Crippen molar-refractivity contribution in [3.63, 3.8) is 0 Å². The van der Waals surface area contributed by atoms with E-state index in [-0.39, 0.29) is 0 Å². The SMILES string of the molecule is CCCCc1ccc(C(=O)C(=O)Cl)s1. The zero-order chi connectivity index (χ0) is 10.6. The number of rotatable bonds is 5. The van der Waals surface area contributed by atoms with E-state index in [2.05, 4.69) is 6.92 Å². The molecule has 0 aliphatic rings. The summed E-state index contributed by atoms with van der Waals surface area (Å²) in [4.78, 5) is 23.3. The predicted octanol–water partition coefficient (Wildman–Crippen LogP) is 3.04. The Balaban J connectivity index is 2.68. The van der Waals surface area contributed by atoms with Gasteiger partial charge in [-0.25, -0.2) is 0 Å². The second-order valence-corrected chi connectivity index (χ2v) is 4.48. The van der Waals surface area contributed by atoms with Crippen LogP contribution in [0, 0.1) is 0 Å². The number of thiophene rings is 1. The molecule has 0 fully saturated rings. The quantitative estimate of drug-likeness (QED) is 0.443. The predicted molar refractivity (Wildman–Crippen MR) is 58.1 cm³/mol. The summed E-state index contributed by atoms with van der Waals surface area (Å²) < 4.78 is 0. The third-order valence-electron chi connectivity index (χ3n) is 1.84. The Morgan fingerprint density at radius 3 is 2.71 bits per heavy atom. The maximum absolute atomic E-state index is 11.2. The van der Waals surface area contributed by atoms with Crippen LogP contribution in [0.5, 0.6) is 0 Å². The van der Waals surface area contributed by atoms with Gasteiger partial charge < -0.3 is 0 Å². The molecule has 0 aliphatic heterocycles. The van der Waals surface area contributed by atoms with Crippen molar-refractivity contribution < 1.29 is 9.59 Å². The molecule has 0 amide bonds. The van der Waals surface area contributed by atoms with Gasteiger partial charge in [0.15, 0.2) is 0 Å². The van der Waals surface area contributed by atoms with Gasteiger partial charge in [0.2, 0.25) is 0 Å². The lowest BCUT2D eigenvalue weighted by atomic mass is 10.2. The second kappa shape index (κ2) is 5.27. The molecule has 0 unspecified atom stereocenters. The number of aryl methyl sites for hydroxylation is 1. The van der Waals surface area contributed by atoms with Crippen LogP contribution >= 0.6 is 22.9 Å². The lowest BCUT2D eigenvalue weighted by Crippen LogP contribution is -2.04. The summed E-state index contributed by atoms with van der Waals surface area (Å²) in [6, 6.07) is 3.55. The number of carbonyl (C=O) groups excluding carboxylic acids is 2. The molecule has 1 heterocycles. The Bertz CT molecular complexity index is 344. The van der Waals surface area contributed by atoms with E-state index in [1.54, 1.807) is 6.07 Å². The van der Waals surface area contributed by atoms with Gasteiger partial charge in [-0.3, -0.25) is 9.59 Å². The van der Waals surface area contributed by atoms with Crippen molar-refractivity contribution >= 4 is 34.0 Å². The summed E-state index contributed by atoms with van der Waals surface area (Å²) >= 11 is 6.45. The van der Waals surface area contributed by atoms with E-state index >= 15 is 0 Å². The van der Waals surface area contributed by atoms with Crippen molar-refractivity contribution in [2.75, 3.05) is 0 Å². The van der Waals surface area contributed by atoms with Crippen LogP contribution in [0.4, 0.5) is 0 Å². The van der Waals surface area contributed by atoms with E-state index < -0.39 is 11.0 Å². The first kappa shape index (κ1) is 11.4. The van der Waals surface area contributed by atoms with E-state index in [4.69, 9.17) is 11.6 Å². The van der Waals surface area contributed by atoms with Crippen molar-refractivity contribution in [2.45, 2.75) is 26.2 Å². The average molecular weight is 231 g/mol. The molecule has 0 atom stereocenters. The van der Waals surface area contributed by atoms with Crippen molar-refractivity contribution in [1.29, 1.82) is 0 Å². The number of ketones is 1. The third-order valence-corrected chi connectivity index (χ3v) is 3.16. The summed E-state index contributed by atoms with van der Waals surface area (Å²) in [5.74, 6) is -0.598. The maximum atomic E-state index is 11.2. The number of halogens is 1. The van der Waals surface area contributed by atoms with E-state index in [1.165, 1.54) is 11.3 Å². The minimum atomic E-state index is -0.908. The first-order valence-electron chi connectivity index (χ1n) is 4.48. The number of hydrogen-bond acceptors (Lipinski definition) is 3. The van der Waals surface area contributed by atoms with Crippen LogP contribution in [0.3, 0.4) is 0 Å². The lowest BCUT2D eigenvalue weighted by molar-refractivity contribution is -0.108. The molecule has 0 aliphatic carbocycles. The Morgan fingerprint density at radius 2 is 2.14 bits per heavy atom. The average Bonchev–Trinajstić information content (AvgIpc) is 2.61. The van der Waals surface area contributed by atoms with Crippen molar-refractivity contribution in [2.24, 2.45) is 0 Å². The van der Waals surface area contributed by atoms with Crippen LogP contribution in [-0.4, -0.2) is 11.0 Å². The summed E-state index contributed by atoms with van der Waals surface area (Å²) in [6.07, 6.45) is 3.18. The van der Waals surface area contributed by atoms with Crippen LogP contribution in [0.1, 0.15) is 34.3 Å². The first-order valence-corrected chi connectivity index (χ1v) is 5.67. The number of Topliss-reactive ketones (excluding diaryl/α,β-unsaturated/α-hetero) is 1. The van der Waals surface area contributed by atoms with E-state index in [1.807, 2.05) is 6.07 Å². The summed E-state index contributed by atoms with van der Waals surface area (Å²) in [5, 5.41) is -0.908. The first-order chi connectivity index (χ1) is 6.65. The molecule has 0 N–H and O–H groups in total. The van der Waals surface area contributed by atoms with Gasteiger partial charge in [0.1, 0.15) is 0 Å². The normalized spacial score (nSPS) is 10.1. The van der Waals surface area contributed by atoms with Crippen LogP contribution in [-0.2, 0) is 11.2 Å². The van der Waals surface area contributed by atoms with Gasteiger partial charge >= 0.3 is 0 Å². The summed E-state index contributed by atoms with van der Waals surface area (Å²) in [6.45, 7) is 2.11. The highest BCUT2D eigenvalue weighted by Gasteiger charge is 2.15. The van der Waals surface area contributed by atoms with Gasteiger partial charge in [0, 0.05) is 4.88 Å². The van der Waals surface area contributed by atoms with Crippen molar-refractivity contribution in [1.82, 2.24) is 0 Å². The summed E-state index contributed by atoms with van der Waals surface area (Å²) in [7, 11) is 0. The number of hydrogen-bond donors (Lipinski definition) is 0. The minimum absolute atomic E-state index is 0.441. The van der Waals surface area contributed by atoms with Crippen molar-refractivity contribution in [3.05, 3.63) is 21.9 Å². The Hall–Kier alpha value is -0.670. The van der Waals surface area contributed by atoms with E-state index in [0.717, 1.165) is 24.1 Å². The van der Waals surface area contributed by atoms with Gasteiger partial charge in [0.25, 0.3) is 11.0 Å². The molecule has 0 saturated heterocycles. The zero-order valence-corrected chi connectivity index (χ0v) is 9.45. The van der Waals surface area contributed by atoms with Gasteiger partial charge in [-0.15, -0.1) is 11.3 Å². The Labute approximate surface area is 91.9 Å². The Morgan fingerprint density at radius 1 is 1.43 bits per heavy atom. The monoisotopic (exact) mass is 230 g/mol. The smallest absolute Gasteiger partial charge is 0.283 e. The molecule has 0 saturated carbocycles. The zero-order valence-electron chi connectivity index (χ0n) is 7.88. The van der Waals surface area contributed by atoms with Crippen LogP contribution in [0.15, 0.2) is 12.1 Å². The highest BCUT2D eigenvalue weighted by molar-refractivity contribution is 7.15. The standard InChI is InChI=1S/C10H11ClO2S/c1-2-3-4-7-5-6-8(14-7)9(12)10(11)13/h5-6H,2-4H2,1H3. The summed E-state index contributed by atoms with van der Waals surface area (Å²) in [5.41, 5.74) is 0. The topological polar surface area (TPSA) is 34.1 Å². The number of unbranched alkanes of at least 4 members (excludes halogenated alkanes) is 1. The molecule has 76 valence electrons. The van der Waals surface area contributed by atoms with Crippen LogP contribution < -0.4 is 0 Å².